The van der Waals surface area contributed by atoms with Crippen molar-refractivity contribution < 1.29 is 5.11 Å². The van der Waals surface area contributed by atoms with Gasteiger partial charge in [-0.25, -0.2) is 9.36 Å². The van der Waals surface area contributed by atoms with Gasteiger partial charge in [0.05, 0.1) is 11.9 Å². The van der Waals surface area contributed by atoms with Crippen LogP contribution in [0.25, 0.3) is 5.69 Å². The van der Waals surface area contributed by atoms with E-state index in [1.165, 1.54) is 10.8 Å². The van der Waals surface area contributed by atoms with Crippen LogP contribution in [0.3, 0.4) is 0 Å². The molecule has 0 radical (unpaired) electrons. The first-order valence-corrected chi connectivity index (χ1v) is 5.02. The Balaban J connectivity index is 2.60. The molecule has 1 aromatic carbocycles. The lowest BCUT2D eigenvalue weighted by Crippen LogP contribution is -2.14. The molecule has 4 nitrogen and oxygen atoms in total. The zero-order valence-corrected chi connectivity index (χ0v) is 9.22. The summed E-state index contributed by atoms with van der Waals surface area (Å²) in [5.41, 5.74) is 0.304. The maximum absolute atomic E-state index is 11.3. The third kappa shape index (κ3) is 1.54. The van der Waals surface area contributed by atoms with E-state index in [9.17, 15) is 9.90 Å². The van der Waals surface area contributed by atoms with Crippen LogP contribution in [0.1, 0.15) is 0 Å². The van der Waals surface area contributed by atoms with Crippen LogP contribution in [-0.2, 0) is 0 Å². The molecule has 72 valence electrons. The van der Waals surface area contributed by atoms with Crippen molar-refractivity contribution in [2.45, 2.75) is 0 Å². The molecule has 1 aromatic heterocycles. The van der Waals surface area contributed by atoms with E-state index in [-0.39, 0.29) is 11.6 Å². The quantitative estimate of drug-likeness (QED) is 0.784. The molecule has 0 aliphatic heterocycles. The lowest BCUT2D eigenvalue weighted by atomic mass is 10.3. The Labute approximate surface area is 93.3 Å². The highest BCUT2D eigenvalue weighted by atomic mass is 127. The molecule has 0 saturated carbocycles. The summed E-state index contributed by atoms with van der Waals surface area (Å²) in [6, 6.07) is 7.29. The number of aromatic hydroxyl groups is 1. The number of halogens is 1. The van der Waals surface area contributed by atoms with Crippen molar-refractivity contribution in [3.63, 3.8) is 0 Å². The molecule has 2 rings (SSSR count). The minimum atomic E-state index is -0.344. The number of aromatic nitrogens is 2. The van der Waals surface area contributed by atoms with Crippen LogP contribution >= 0.6 is 22.6 Å². The van der Waals surface area contributed by atoms with Crippen LogP contribution in [0.2, 0.25) is 0 Å². The van der Waals surface area contributed by atoms with Crippen molar-refractivity contribution in [2.75, 3.05) is 0 Å². The number of imidazole rings is 1. The summed E-state index contributed by atoms with van der Waals surface area (Å²) in [7, 11) is 0. The average Bonchev–Trinajstić information content (AvgIpc) is 2.49. The van der Waals surface area contributed by atoms with E-state index < -0.39 is 0 Å². The Hall–Kier alpha value is -1.24. The maximum Gasteiger partial charge on any atom is 0.333 e. The average molecular weight is 302 g/mol. The molecule has 0 saturated heterocycles. The molecule has 0 amide bonds. The van der Waals surface area contributed by atoms with Crippen LogP contribution in [0.5, 0.6) is 5.88 Å². The van der Waals surface area contributed by atoms with Gasteiger partial charge in [0.15, 0.2) is 0 Å². The molecule has 2 N–H and O–H groups in total. The molecule has 0 aliphatic carbocycles. The number of rotatable bonds is 1. The number of H-pyrrole nitrogens is 1. The van der Waals surface area contributed by atoms with Gasteiger partial charge < -0.3 is 10.1 Å². The second-order valence-corrected chi connectivity index (χ2v) is 4.01. The maximum atomic E-state index is 11.3. The lowest BCUT2D eigenvalue weighted by molar-refractivity contribution is 0.441. The summed E-state index contributed by atoms with van der Waals surface area (Å²) in [6.07, 6.45) is 1.26. The summed E-state index contributed by atoms with van der Waals surface area (Å²) in [6.45, 7) is 0. The SMILES string of the molecule is O=c1[nH]cc(O)n1-c1ccc(I)cc1. The van der Waals surface area contributed by atoms with Crippen LogP contribution in [0, 0.1) is 3.57 Å². The van der Waals surface area contributed by atoms with Gasteiger partial charge in [0.25, 0.3) is 0 Å². The smallest absolute Gasteiger partial charge is 0.333 e. The van der Waals surface area contributed by atoms with Crippen molar-refractivity contribution in [1.82, 2.24) is 9.55 Å². The van der Waals surface area contributed by atoms with E-state index in [0.29, 0.717) is 5.69 Å². The topological polar surface area (TPSA) is 58.0 Å². The predicted octanol–water partition coefficient (Wildman–Crippen LogP) is 1.48. The highest BCUT2D eigenvalue weighted by molar-refractivity contribution is 14.1. The minimum Gasteiger partial charge on any atom is -0.493 e. The predicted molar refractivity (Wildman–Crippen MR) is 60.8 cm³/mol. The first-order valence-electron chi connectivity index (χ1n) is 3.94. The Morgan fingerprint density at radius 1 is 1.29 bits per heavy atom. The molecule has 14 heavy (non-hydrogen) atoms. The molecule has 0 fully saturated rings. The monoisotopic (exact) mass is 302 g/mol. The first kappa shape index (κ1) is 9.32. The number of nitrogens with zero attached hydrogens (tertiary/aromatic N) is 1. The van der Waals surface area contributed by atoms with Gasteiger partial charge in [-0.3, -0.25) is 0 Å². The normalized spacial score (nSPS) is 10.4. The second-order valence-electron chi connectivity index (χ2n) is 2.76. The molecule has 1 heterocycles. The highest BCUT2D eigenvalue weighted by Crippen LogP contribution is 2.14. The van der Waals surface area contributed by atoms with Gasteiger partial charge in [0.1, 0.15) is 0 Å². The fourth-order valence-corrected chi connectivity index (χ4v) is 1.56. The molecule has 0 aliphatic rings. The fourth-order valence-electron chi connectivity index (χ4n) is 1.20. The molecule has 0 bridgehead atoms. The fraction of sp³-hybridized carbons (Fsp3) is 0. The van der Waals surface area contributed by atoms with Crippen LogP contribution in [0.4, 0.5) is 0 Å². The Morgan fingerprint density at radius 2 is 1.93 bits per heavy atom. The molecule has 0 unspecified atom stereocenters. The highest BCUT2D eigenvalue weighted by Gasteiger charge is 2.05. The Bertz CT molecular complexity index is 498. The molecule has 0 atom stereocenters. The number of aromatic amines is 1. The minimum absolute atomic E-state index is 0.0868. The summed E-state index contributed by atoms with van der Waals surface area (Å²) < 4.78 is 2.28. The van der Waals surface area contributed by atoms with Crippen molar-refractivity contribution in [2.24, 2.45) is 0 Å². The van der Waals surface area contributed by atoms with Crippen LogP contribution < -0.4 is 5.69 Å². The van der Waals surface area contributed by atoms with Crippen LogP contribution in [-0.4, -0.2) is 14.7 Å². The Kier molecular flexibility index (Phi) is 2.32. The summed E-state index contributed by atoms with van der Waals surface area (Å²) >= 11 is 2.17. The first-order chi connectivity index (χ1) is 6.68. The third-order valence-electron chi connectivity index (χ3n) is 1.84. The van der Waals surface area contributed by atoms with E-state index in [2.05, 4.69) is 27.6 Å². The number of hydrogen-bond acceptors (Lipinski definition) is 2. The zero-order chi connectivity index (χ0) is 10.1. The van der Waals surface area contributed by atoms with E-state index in [0.717, 1.165) is 3.57 Å². The van der Waals surface area contributed by atoms with Crippen LogP contribution in [0.15, 0.2) is 35.3 Å². The summed E-state index contributed by atoms with van der Waals surface area (Å²) in [5.74, 6) is -0.0868. The van der Waals surface area contributed by atoms with E-state index in [4.69, 9.17) is 0 Å². The lowest BCUT2D eigenvalue weighted by Gasteiger charge is -2.01. The number of benzene rings is 1. The molecule has 2 aromatic rings. The molecular weight excluding hydrogens is 295 g/mol. The molecule has 5 heteroatoms. The molecular formula is C9H7IN2O2. The number of hydrogen-bond donors (Lipinski definition) is 2. The standard InChI is InChI=1S/C9H7IN2O2/c10-6-1-3-7(4-2-6)12-8(13)5-11-9(12)14/h1-5,13H,(H,11,14). The van der Waals surface area contributed by atoms with Crippen molar-refractivity contribution in [3.8, 4) is 11.6 Å². The second kappa shape index (κ2) is 3.49. The van der Waals surface area contributed by atoms with Crippen molar-refractivity contribution in [3.05, 3.63) is 44.5 Å². The van der Waals surface area contributed by atoms with Crippen molar-refractivity contribution in [1.29, 1.82) is 0 Å². The van der Waals surface area contributed by atoms with E-state index in [1.807, 2.05) is 12.1 Å². The summed E-state index contributed by atoms with van der Waals surface area (Å²) in [4.78, 5) is 13.7. The third-order valence-corrected chi connectivity index (χ3v) is 2.56. The summed E-state index contributed by atoms with van der Waals surface area (Å²) in [5, 5.41) is 9.38. The zero-order valence-electron chi connectivity index (χ0n) is 7.07. The number of nitrogens with one attached hydrogen (secondary N) is 1. The van der Waals surface area contributed by atoms with E-state index >= 15 is 0 Å². The van der Waals surface area contributed by atoms with Gasteiger partial charge >= 0.3 is 5.69 Å². The van der Waals surface area contributed by atoms with E-state index in [1.54, 1.807) is 12.1 Å². The molecule has 0 spiro atoms. The van der Waals surface area contributed by atoms with Crippen molar-refractivity contribution >= 4 is 22.6 Å². The van der Waals surface area contributed by atoms with Gasteiger partial charge in [0.2, 0.25) is 5.88 Å². The van der Waals surface area contributed by atoms with Gasteiger partial charge in [-0.05, 0) is 46.9 Å². The van der Waals surface area contributed by atoms with Gasteiger partial charge in [-0.15, -0.1) is 0 Å². The van der Waals surface area contributed by atoms with Gasteiger partial charge in [0, 0.05) is 3.57 Å². The van der Waals surface area contributed by atoms with Gasteiger partial charge in [-0.1, -0.05) is 0 Å². The Morgan fingerprint density at radius 3 is 2.43 bits per heavy atom. The van der Waals surface area contributed by atoms with Gasteiger partial charge in [-0.2, -0.15) is 0 Å². The largest absolute Gasteiger partial charge is 0.493 e.